The highest BCUT2D eigenvalue weighted by Crippen LogP contribution is 2.36. The molecule has 4 rings (SSSR count). The molecule has 0 bridgehead atoms. The van der Waals surface area contributed by atoms with Crippen molar-refractivity contribution in [3.63, 3.8) is 0 Å². The SMILES string of the molecule is CC(C)c1ncc(C(=O)Nc2c(-c3ccccc3F)ccnc2C2CNC2)cn1. The van der Waals surface area contributed by atoms with Crippen molar-refractivity contribution in [1.29, 1.82) is 0 Å². The van der Waals surface area contributed by atoms with Gasteiger partial charge >= 0.3 is 0 Å². The van der Waals surface area contributed by atoms with E-state index in [9.17, 15) is 9.18 Å². The molecule has 29 heavy (non-hydrogen) atoms. The zero-order valence-electron chi connectivity index (χ0n) is 16.3. The van der Waals surface area contributed by atoms with Crippen molar-refractivity contribution in [2.75, 3.05) is 18.4 Å². The molecule has 0 atom stereocenters. The van der Waals surface area contributed by atoms with Gasteiger partial charge in [0.15, 0.2) is 0 Å². The van der Waals surface area contributed by atoms with Crippen molar-refractivity contribution in [3.05, 3.63) is 71.8 Å². The van der Waals surface area contributed by atoms with Gasteiger partial charge in [-0.2, -0.15) is 0 Å². The molecular formula is C22H22FN5O. The van der Waals surface area contributed by atoms with Crippen molar-refractivity contribution in [3.8, 4) is 11.1 Å². The quantitative estimate of drug-likeness (QED) is 0.693. The molecule has 1 saturated heterocycles. The van der Waals surface area contributed by atoms with Crippen LogP contribution in [0.4, 0.5) is 10.1 Å². The fourth-order valence-corrected chi connectivity index (χ4v) is 3.24. The van der Waals surface area contributed by atoms with Gasteiger partial charge in [-0.1, -0.05) is 32.0 Å². The van der Waals surface area contributed by atoms with E-state index in [0.717, 1.165) is 18.8 Å². The van der Waals surface area contributed by atoms with Crippen LogP contribution in [-0.4, -0.2) is 33.9 Å². The maximum atomic E-state index is 14.5. The molecule has 0 unspecified atom stereocenters. The lowest BCUT2D eigenvalue weighted by molar-refractivity contribution is 0.102. The van der Waals surface area contributed by atoms with Crippen LogP contribution in [0.25, 0.3) is 11.1 Å². The first-order valence-electron chi connectivity index (χ1n) is 9.62. The van der Waals surface area contributed by atoms with Gasteiger partial charge in [0.2, 0.25) is 0 Å². The van der Waals surface area contributed by atoms with E-state index in [-0.39, 0.29) is 23.6 Å². The Hall–Kier alpha value is -3.19. The standard InChI is InChI=1S/C22H22FN5O/c1-13(2)21-26-11-15(12-27-21)22(29)28-20-17(16-5-3-4-6-18(16)23)7-8-25-19(20)14-9-24-10-14/h3-8,11-14,24H,9-10H2,1-2H3,(H,28,29). The molecule has 2 aromatic heterocycles. The minimum absolute atomic E-state index is 0.164. The Morgan fingerprint density at radius 1 is 1.10 bits per heavy atom. The molecule has 6 nitrogen and oxygen atoms in total. The summed E-state index contributed by atoms with van der Waals surface area (Å²) < 4.78 is 14.5. The number of pyridine rings is 1. The third-order valence-corrected chi connectivity index (χ3v) is 5.00. The van der Waals surface area contributed by atoms with E-state index in [0.29, 0.717) is 28.2 Å². The van der Waals surface area contributed by atoms with Crippen LogP contribution in [0.2, 0.25) is 0 Å². The van der Waals surface area contributed by atoms with Gasteiger partial charge in [0.1, 0.15) is 11.6 Å². The predicted molar refractivity (Wildman–Crippen MR) is 109 cm³/mol. The second-order valence-corrected chi connectivity index (χ2v) is 7.39. The topological polar surface area (TPSA) is 79.8 Å². The van der Waals surface area contributed by atoms with Crippen molar-refractivity contribution < 1.29 is 9.18 Å². The Kier molecular flexibility index (Phi) is 5.31. The minimum atomic E-state index is -0.350. The highest BCUT2D eigenvalue weighted by molar-refractivity contribution is 6.06. The smallest absolute Gasteiger partial charge is 0.258 e. The lowest BCUT2D eigenvalue weighted by atomic mass is 9.93. The maximum Gasteiger partial charge on any atom is 0.258 e. The van der Waals surface area contributed by atoms with Crippen LogP contribution in [0.3, 0.4) is 0 Å². The highest BCUT2D eigenvalue weighted by atomic mass is 19.1. The van der Waals surface area contributed by atoms with E-state index >= 15 is 0 Å². The largest absolute Gasteiger partial charge is 0.320 e. The summed E-state index contributed by atoms with van der Waals surface area (Å²) in [7, 11) is 0. The fourth-order valence-electron chi connectivity index (χ4n) is 3.24. The summed E-state index contributed by atoms with van der Waals surface area (Å²) >= 11 is 0. The molecule has 1 aromatic carbocycles. The minimum Gasteiger partial charge on any atom is -0.320 e. The molecule has 1 aliphatic heterocycles. The first-order valence-corrected chi connectivity index (χ1v) is 9.62. The molecule has 7 heteroatoms. The molecule has 1 aliphatic rings. The van der Waals surface area contributed by atoms with E-state index in [1.807, 2.05) is 13.8 Å². The lowest BCUT2D eigenvalue weighted by Gasteiger charge is -2.29. The third-order valence-electron chi connectivity index (χ3n) is 5.00. The van der Waals surface area contributed by atoms with E-state index in [4.69, 9.17) is 0 Å². The number of nitrogens with zero attached hydrogens (tertiary/aromatic N) is 3. The summed E-state index contributed by atoms with van der Waals surface area (Å²) in [6, 6.07) is 8.24. The summed E-state index contributed by atoms with van der Waals surface area (Å²) in [5.41, 5.74) is 2.65. The number of rotatable bonds is 5. The van der Waals surface area contributed by atoms with Crippen molar-refractivity contribution >= 4 is 11.6 Å². The number of benzene rings is 1. The van der Waals surface area contributed by atoms with Crippen LogP contribution < -0.4 is 10.6 Å². The molecule has 2 N–H and O–H groups in total. The number of anilines is 1. The molecule has 1 amide bonds. The average Bonchev–Trinajstić information content (AvgIpc) is 2.68. The number of carbonyl (C=O) groups excluding carboxylic acids is 1. The molecule has 0 radical (unpaired) electrons. The Morgan fingerprint density at radius 2 is 1.83 bits per heavy atom. The van der Waals surface area contributed by atoms with Crippen LogP contribution in [0.5, 0.6) is 0 Å². The molecular weight excluding hydrogens is 369 g/mol. The molecule has 3 heterocycles. The Labute approximate surface area is 168 Å². The van der Waals surface area contributed by atoms with Crippen molar-refractivity contribution in [2.45, 2.75) is 25.7 Å². The second kappa shape index (κ2) is 8.05. The summed E-state index contributed by atoms with van der Waals surface area (Å²) in [6.07, 6.45) is 4.69. The molecule has 0 saturated carbocycles. The van der Waals surface area contributed by atoms with Gasteiger partial charge in [0.25, 0.3) is 5.91 Å². The lowest BCUT2D eigenvalue weighted by Crippen LogP contribution is -2.40. The molecule has 1 fully saturated rings. The summed E-state index contributed by atoms with van der Waals surface area (Å²) in [5.74, 6) is 0.319. The summed E-state index contributed by atoms with van der Waals surface area (Å²) in [5, 5.41) is 6.16. The highest BCUT2D eigenvalue weighted by Gasteiger charge is 2.27. The molecule has 0 aliphatic carbocycles. The number of hydrogen-bond acceptors (Lipinski definition) is 5. The van der Waals surface area contributed by atoms with E-state index in [2.05, 4.69) is 25.6 Å². The predicted octanol–water partition coefficient (Wildman–Crippen LogP) is 3.74. The van der Waals surface area contributed by atoms with E-state index in [1.54, 1.807) is 30.5 Å². The Balaban J connectivity index is 1.73. The zero-order valence-corrected chi connectivity index (χ0v) is 16.3. The van der Waals surface area contributed by atoms with Gasteiger partial charge in [-0.3, -0.25) is 9.78 Å². The molecule has 0 spiro atoms. The van der Waals surface area contributed by atoms with Gasteiger partial charge in [-0.05, 0) is 12.1 Å². The van der Waals surface area contributed by atoms with Crippen LogP contribution in [0.15, 0.2) is 48.9 Å². The maximum absolute atomic E-state index is 14.5. The third kappa shape index (κ3) is 3.86. The van der Waals surface area contributed by atoms with E-state index < -0.39 is 0 Å². The Morgan fingerprint density at radius 3 is 2.45 bits per heavy atom. The van der Waals surface area contributed by atoms with Crippen molar-refractivity contribution in [2.24, 2.45) is 0 Å². The zero-order chi connectivity index (χ0) is 20.4. The van der Waals surface area contributed by atoms with Gasteiger partial charge in [-0.15, -0.1) is 0 Å². The fraction of sp³-hybridized carbons (Fsp3) is 0.273. The number of nitrogens with one attached hydrogen (secondary N) is 2. The second-order valence-electron chi connectivity index (χ2n) is 7.39. The number of halogens is 1. The Bertz CT molecular complexity index is 1030. The van der Waals surface area contributed by atoms with Crippen LogP contribution >= 0.6 is 0 Å². The molecule has 3 aromatic rings. The summed E-state index contributed by atoms with van der Waals surface area (Å²) in [6.45, 7) is 5.51. The first-order chi connectivity index (χ1) is 14.0. The normalized spacial score (nSPS) is 13.9. The number of carbonyl (C=O) groups is 1. The van der Waals surface area contributed by atoms with Crippen LogP contribution in [0, 0.1) is 5.82 Å². The number of hydrogen-bond donors (Lipinski definition) is 2. The average molecular weight is 391 g/mol. The van der Waals surface area contributed by atoms with E-state index in [1.165, 1.54) is 18.5 Å². The van der Waals surface area contributed by atoms with Crippen LogP contribution in [-0.2, 0) is 0 Å². The monoisotopic (exact) mass is 391 g/mol. The molecule has 148 valence electrons. The van der Waals surface area contributed by atoms with Gasteiger partial charge in [0.05, 0.1) is 16.9 Å². The first kappa shape index (κ1) is 19.1. The summed E-state index contributed by atoms with van der Waals surface area (Å²) in [4.78, 5) is 25.9. The van der Waals surface area contributed by atoms with Gasteiger partial charge in [0, 0.05) is 54.6 Å². The number of aromatic nitrogens is 3. The van der Waals surface area contributed by atoms with Gasteiger partial charge in [-0.25, -0.2) is 14.4 Å². The van der Waals surface area contributed by atoms with Crippen molar-refractivity contribution in [1.82, 2.24) is 20.3 Å². The van der Waals surface area contributed by atoms with Crippen LogP contribution in [0.1, 0.15) is 47.6 Å². The van der Waals surface area contributed by atoms with Gasteiger partial charge < -0.3 is 10.6 Å². The number of amides is 1.